The van der Waals surface area contributed by atoms with Gasteiger partial charge in [0.15, 0.2) is 6.04 Å². The van der Waals surface area contributed by atoms with Crippen molar-refractivity contribution in [3.63, 3.8) is 0 Å². The van der Waals surface area contributed by atoms with E-state index < -0.39 is 11.9 Å². The van der Waals surface area contributed by atoms with E-state index in [9.17, 15) is 9.70 Å². The Morgan fingerprint density at radius 1 is 1.53 bits per heavy atom. The number of nitrogens with one attached hydrogen (secondary N) is 1. The molecule has 0 saturated heterocycles. The lowest BCUT2D eigenvalue weighted by Gasteiger charge is -2.11. The third kappa shape index (κ3) is 2.38. The van der Waals surface area contributed by atoms with E-state index in [1.54, 1.807) is 24.3 Å². The SMILES string of the molecule is CNC(=O)C(N=O)c1ccccc1CO. The van der Waals surface area contributed by atoms with Gasteiger partial charge in [-0.1, -0.05) is 29.4 Å². The van der Waals surface area contributed by atoms with Gasteiger partial charge in [0.25, 0.3) is 5.91 Å². The van der Waals surface area contributed by atoms with E-state index in [4.69, 9.17) is 5.11 Å². The molecule has 0 aliphatic carbocycles. The van der Waals surface area contributed by atoms with Gasteiger partial charge in [0.1, 0.15) is 0 Å². The third-order valence-electron chi connectivity index (χ3n) is 2.12. The van der Waals surface area contributed by atoms with Gasteiger partial charge in [0.05, 0.1) is 6.61 Å². The number of amides is 1. The molecular weight excluding hydrogens is 196 g/mol. The van der Waals surface area contributed by atoms with Crippen molar-refractivity contribution in [3.8, 4) is 0 Å². The average Bonchev–Trinajstić information content (AvgIpc) is 2.30. The van der Waals surface area contributed by atoms with Crippen molar-refractivity contribution >= 4 is 5.91 Å². The zero-order chi connectivity index (χ0) is 11.3. The molecule has 0 heterocycles. The van der Waals surface area contributed by atoms with Crippen LogP contribution < -0.4 is 5.32 Å². The molecule has 0 radical (unpaired) electrons. The predicted octanol–water partition coefficient (Wildman–Crippen LogP) is 0.732. The topological polar surface area (TPSA) is 78.8 Å². The van der Waals surface area contributed by atoms with Gasteiger partial charge in [-0.2, -0.15) is 0 Å². The van der Waals surface area contributed by atoms with Crippen LogP contribution in [-0.4, -0.2) is 18.1 Å². The van der Waals surface area contributed by atoms with Gasteiger partial charge >= 0.3 is 0 Å². The van der Waals surface area contributed by atoms with Gasteiger partial charge < -0.3 is 10.4 Å². The first-order chi connectivity index (χ1) is 7.24. The Bertz CT molecular complexity index is 365. The Kier molecular flexibility index (Phi) is 3.93. The zero-order valence-corrected chi connectivity index (χ0v) is 8.30. The normalized spacial score (nSPS) is 11.9. The summed E-state index contributed by atoms with van der Waals surface area (Å²) in [5, 5.41) is 14.2. The number of hydrogen-bond donors (Lipinski definition) is 2. The maximum atomic E-state index is 11.3. The molecule has 5 nitrogen and oxygen atoms in total. The predicted molar refractivity (Wildman–Crippen MR) is 55.0 cm³/mol. The Morgan fingerprint density at radius 2 is 2.20 bits per heavy atom. The van der Waals surface area contributed by atoms with Gasteiger partial charge in [-0.15, -0.1) is 4.91 Å². The van der Waals surface area contributed by atoms with Crippen molar-refractivity contribution in [3.05, 3.63) is 40.3 Å². The summed E-state index contributed by atoms with van der Waals surface area (Å²) < 4.78 is 0. The van der Waals surface area contributed by atoms with Crippen molar-refractivity contribution in [1.29, 1.82) is 0 Å². The van der Waals surface area contributed by atoms with Gasteiger partial charge in [0.2, 0.25) is 0 Å². The molecule has 1 aromatic rings. The van der Waals surface area contributed by atoms with E-state index in [0.29, 0.717) is 11.1 Å². The molecule has 1 rings (SSSR count). The highest BCUT2D eigenvalue weighted by atomic mass is 16.3. The molecule has 1 amide bonds. The van der Waals surface area contributed by atoms with E-state index in [1.807, 2.05) is 0 Å². The summed E-state index contributed by atoms with van der Waals surface area (Å²) in [6.45, 7) is -0.223. The Balaban J connectivity index is 3.11. The van der Waals surface area contributed by atoms with E-state index in [-0.39, 0.29) is 6.61 Å². The molecule has 0 aliphatic heterocycles. The number of carbonyl (C=O) groups excluding carboxylic acids is 1. The van der Waals surface area contributed by atoms with Gasteiger partial charge in [-0.25, -0.2) is 0 Å². The van der Waals surface area contributed by atoms with Crippen LogP contribution in [0.4, 0.5) is 0 Å². The first kappa shape index (κ1) is 11.3. The number of benzene rings is 1. The maximum absolute atomic E-state index is 11.3. The number of nitrogens with zero attached hydrogens (tertiary/aromatic N) is 1. The summed E-state index contributed by atoms with van der Waals surface area (Å²) in [5.41, 5.74) is 0.972. The number of rotatable bonds is 4. The molecule has 0 spiro atoms. The van der Waals surface area contributed by atoms with Crippen LogP contribution in [0.5, 0.6) is 0 Å². The molecule has 0 aromatic heterocycles. The van der Waals surface area contributed by atoms with Crippen molar-refractivity contribution in [1.82, 2.24) is 5.32 Å². The minimum Gasteiger partial charge on any atom is -0.392 e. The van der Waals surface area contributed by atoms with Gasteiger partial charge in [-0.3, -0.25) is 4.79 Å². The number of aliphatic hydroxyl groups excluding tert-OH is 1. The molecule has 0 aliphatic rings. The Hall–Kier alpha value is -1.75. The van der Waals surface area contributed by atoms with Crippen molar-refractivity contribution in [2.24, 2.45) is 5.18 Å². The van der Waals surface area contributed by atoms with E-state index >= 15 is 0 Å². The summed E-state index contributed by atoms with van der Waals surface area (Å²) in [6.07, 6.45) is 0. The largest absolute Gasteiger partial charge is 0.392 e. The minimum atomic E-state index is -1.10. The van der Waals surface area contributed by atoms with E-state index in [0.717, 1.165) is 0 Å². The van der Waals surface area contributed by atoms with Crippen LogP contribution in [0.2, 0.25) is 0 Å². The highest BCUT2D eigenvalue weighted by Crippen LogP contribution is 2.21. The minimum absolute atomic E-state index is 0.223. The van der Waals surface area contributed by atoms with Crippen molar-refractivity contribution < 1.29 is 9.90 Å². The lowest BCUT2D eigenvalue weighted by atomic mass is 10.0. The van der Waals surface area contributed by atoms with Crippen LogP contribution in [0.1, 0.15) is 17.2 Å². The molecule has 80 valence electrons. The molecule has 1 unspecified atom stereocenters. The van der Waals surface area contributed by atoms with E-state index in [2.05, 4.69) is 10.5 Å². The summed E-state index contributed by atoms with van der Waals surface area (Å²) in [5.74, 6) is -0.481. The van der Waals surface area contributed by atoms with Gasteiger partial charge in [0, 0.05) is 7.05 Å². The first-order valence-electron chi connectivity index (χ1n) is 4.47. The number of nitroso groups, excluding NO2 is 1. The van der Waals surface area contributed by atoms with Crippen LogP contribution in [0.3, 0.4) is 0 Å². The van der Waals surface area contributed by atoms with Crippen LogP contribution in [-0.2, 0) is 11.4 Å². The number of likely N-dealkylation sites (N-methyl/N-ethyl adjacent to an activating group) is 1. The molecule has 5 heteroatoms. The second-order valence-electron chi connectivity index (χ2n) is 2.98. The molecule has 2 N–H and O–H groups in total. The summed E-state index contributed by atoms with van der Waals surface area (Å²) in [7, 11) is 1.43. The fourth-order valence-corrected chi connectivity index (χ4v) is 1.33. The fourth-order valence-electron chi connectivity index (χ4n) is 1.33. The highest BCUT2D eigenvalue weighted by molar-refractivity contribution is 5.83. The van der Waals surface area contributed by atoms with Crippen molar-refractivity contribution in [2.45, 2.75) is 12.6 Å². The van der Waals surface area contributed by atoms with E-state index in [1.165, 1.54) is 7.05 Å². The first-order valence-corrected chi connectivity index (χ1v) is 4.47. The molecule has 1 atom stereocenters. The lowest BCUT2D eigenvalue weighted by molar-refractivity contribution is -0.121. The number of carbonyl (C=O) groups is 1. The summed E-state index contributed by atoms with van der Waals surface area (Å²) in [4.78, 5) is 21.9. The summed E-state index contributed by atoms with van der Waals surface area (Å²) in [6, 6.07) is 5.57. The quantitative estimate of drug-likeness (QED) is 0.716. The third-order valence-corrected chi connectivity index (χ3v) is 2.12. The van der Waals surface area contributed by atoms with Crippen LogP contribution in [0.15, 0.2) is 29.4 Å². The van der Waals surface area contributed by atoms with Crippen LogP contribution >= 0.6 is 0 Å². The molecule has 15 heavy (non-hydrogen) atoms. The smallest absolute Gasteiger partial charge is 0.252 e. The number of hydrogen-bond acceptors (Lipinski definition) is 4. The second-order valence-corrected chi connectivity index (χ2v) is 2.98. The summed E-state index contributed by atoms with van der Waals surface area (Å²) >= 11 is 0. The van der Waals surface area contributed by atoms with Crippen LogP contribution in [0.25, 0.3) is 0 Å². The molecule has 0 saturated carbocycles. The second kappa shape index (κ2) is 5.21. The Morgan fingerprint density at radius 3 is 2.73 bits per heavy atom. The molecule has 0 fully saturated rings. The maximum Gasteiger partial charge on any atom is 0.252 e. The molecule has 1 aromatic carbocycles. The zero-order valence-electron chi connectivity index (χ0n) is 8.30. The standard InChI is InChI=1S/C10H12N2O3/c1-11-10(14)9(12-15)8-5-3-2-4-7(8)6-13/h2-5,9,13H,6H2,1H3,(H,11,14). The van der Waals surface area contributed by atoms with Crippen LogP contribution in [0, 0.1) is 4.91 Å². The van der Waals surface area contributed by atoms with Crippen molar-refractivity contribution in [2.75, 3.05) is 7.05 Å². The lowest BCUT2D eigenvalue weighted by Crippen LogP contribution is -2.25. The van der Waals surface area contributed by atoms with Gasteiger partial charge in [-0.05, 0) is 11.1 Å². The monoisotopic (exact) mass is 208 g/mol. The number of aliphatic hydroxyl groups is 1. The Labute approximate surface area is 87.1 Å². The fraction of sp³-hybridized carbons (Fsp3) is 0.300. The average molecular weight is 208 g/mol. The molecular formula is C10H12N2O3. The highest BCUT2D eigenvalue weighted by Gasteiger charge is 2.22. The molecule has 0 bridgehead atoms.